The number of hydrogen-bond donors (Lipinski definition) is 1. The molecule has 3 aromatic rings. The number of carboxylic acids is 1. The van der Waals surface area contributed by atoms with Gasteiger partial charge in [-0.05, 0) is 24.3 Å². The average Bonchev–Trinajstić information content (AvgIpc) is 3.02. The molecule has 126 valence electrons. The lowest BCUT2D eigenvalue weighted by Gasteiger charge is -2.08. The van der Waals surface area contributed by atoms with E-state index in [9.17, 15) is 9.18 Å². The van der Waals surface area contributed by atoms with Crippen LogP contribution in [0, 0.1) is 17.1 Å². The van der Waals surface area contributed by atoms with Gasteiger partial charge >= 0.3 is 5.97 Å². The fourth-order valence-electron chi connectivity index (χ4n) is 2.20. The molecule has 7 nitrogen and oxygen atoms in total. The van der Waals surface area contributed by atoms with Crippen LogP contribution in [-0.2, 0) is 6.61 Å². The van der Waals surface area contributed by atoms with Crippen molar-refractivity contribution in [2.45, 2.75) is 6.61 Å². The number of rotatable bonds is 5. The van der Waals surface area contributed by atoms with E-state index in [1.165, 1.54) is 31.4 Å². The lowest BCUT2D eigenvalue weighted by atomic mass is 10.2. The minimum absolute atomic E-state index is 0.00238. The Morgan fingerprint density at radius 2 is 2.16 bits per heavy atom. The molecule has 0 aliphatic heterocycles. The van der Waals surface area contributed by atoms with Crippen molar-refractivity contribution in [3.8, 4) is 17.6 Å². The van der Waals surface area contributed by atoms with Crippen LogP contribution < -0.4 is 9.47 Å². The first-order chi connectivity index (χ1) is 12.0. The quantitative estimate of drug-likeness (QED) is 0.759. The molecule has 0 atom stereocenters. The van der Waals surface area contributed by atoms with E-state index in [-0.39, 0.29) is 35.1 Å². The molecule has 0 aliphatic rings. The molecular formula is C17H11FN2O5. The maximum atomic E-state index is 13.6. The summed E-state index contributed by atoms with van der Waals surface area (Å²) >= 11 is 0. The van der Waals surface area contributed by atoms with Gasteiger partial charge < -0.3 is 19.0 Å². The number of fused-ring (bicyclic) bond motifs is 1. The Balaban J connectivity index is 1.85. The second kappa shape index (κ2) is 6.49. The van der Waals surface area contributed by atoms with Crippen LogP contribution >= 0.6 is 0 Å². The van der Waals surface area contributed by atoms with Gasteiger partial charge in [0.25, 0.3) is 0 Å². The van der Waals surface area contributed by atoms with Crippen molar-refractivity contribution in [2.75, 3.05) is 7.11 Å². The lowest BCUT2D eigenvalue weighted by Crippen LogP contribution is -1.99. The highest BCUT2D eigenvalue weighted by Crippen LogP contribution is 2.28. The van der Waals surface area contributed by atoms with Crippen molar-refractivity contribution in [3.63, 3.8) is 0 Å². The van der Waals surface area contributed by atoms with Gasteiger partial charge in [0.1, 0.15) is 17.3 Å². The molecule has 1 N–H and O–H groups in total. The molecule has 2 aromatic carbocycles. The summed E-state index contributed by atoms with van der Waals surface area (Å²) in [6.45, 7) is -0.124. The fourth-order valence-corrected chi connectivity index (χ4v) is 2.20. The van der Waals surface area contributed by atoms with E-state index in [1.807, 2.05) is 6.07 Å². The average molecular weight is 342 g/mol. The molecule has 3 rings (SSSR count). The number of ether oxygens (including phenoxy) is 2. The van der Waals surface area contributed by atoms with E-state index in [1.54, 1.807) is 0 Å². The van der Waals surface area contributed by atoms with Crippen molar-refractivity contribution < 1.29 is 28.2 Å². The molecule has 0 saturated heterocycles. The Hall–Kier alpha value is -3.60. The minimum Gasteiger partial charge on any atom is -0.494 e. The van der Waals surface area contributed by atoms with Crippen molar-refractivity contribution in [3.05, 3.63) is 53.2 Å². The number of aromatic nitrogens is 1. The van der Waals surface area contributed by atoms with Gasteiger partial charge in [0, 0.05) is 6.07 Å². The largest absolute Gasteiger partial charge is 0.494 e. The number of halogens is 1. The maximum absolute atomic E-state index is 13.6. The fraction of sp³-hybridized carbons (Fsp3) is 0.118. The molecule has 0 spiro atoms. The molecule has 0 amide bonds. The summed E-state index contributed by atoms with van der Waals surface area (Å²) in [5.74, 6) is -1.50. The summed E-state index contributed by atoms with van der Waals surface area (Å²) in [5, 5.41) is 18.0. The SMILES string of the molecule is COc1cc(OCc2nc3ccc(C(=O)O)cc3o2)c(C#N)cc1F. The number of aromatic carboxylic acids is 1. The van der Waals surface area contributed by atoms with E-state index < -0.39 is 11.8 Å². The van der Waals surface area contributed by atoms with Gasteiger partial charge in [-0.1, -0.05) is 0 Å². The summed E-state index contributed by atoms with van der Waals surface area (Å²) in [6, 6.07) is 8.40. The van der Waals surface area contributed by atoms with E-state index in [4.69, 9.17) is 24.3 Å². The number of nitrogens with zero attached hydrogens (tertiary/aromatic N) is 2. The van der Waals surface area contributed by atoms with Crippen LogP contribution in [-0.4, -0.2) is 23.2 Å². The highest BCUT2D eigenvalue weighted by Gasteiger charge is 2.14. The van der Waals surface area contributed by atoms with E-state index in [2.05, 4.69) is 4.98 Å². The number of carboxylic acid groups (broad SMARTS) is 1. The predicted molar refractivity (Wildman–Crippen MR) is 83.0 cm³/mol. The van der Waals surface area contributed by atoms with Crippen molar-refractivity contribution in [1.82, 2.24) is 4.98 Å². The number of hydrogen-bond acceptors (Lipinski definition) is 6. The van der Waals surface area contributed by atoms with Crippen LogP contribution in [0.1, 0.15) is 21.8 Å². The first kappa shape index (κ1) is 16.3. The van der Waals surface area contributed by atoms with E-state index in [0.717, 1.165) is 6.07 Å². The minimum atomic E-state index is -1.08. The Labute approximate surface area is 140 Å². The van der Waals surface area contributed by atoms with Gasteiger partial charge in [0.05, 0.1) is 18.2 Å². The predicted octanol–water partition coefficient (Wildman–Crippen LogP) is 3.12. The molecule has 0 aliphatic carbocycles. The van der Waals surface area contributed by atoms with Gasteiger partial charge in [0.15, 0.2) is 23.8 Å². The smallest absolute Gasteiger partial charge is 0.335 e. The standard InChI is InChI=1S/C17H11FN2O5/c1-23-14-6-13(10(7-19)4-11(14)18)24-8-16-20-12-3-2-9(17(21)22)5-15(12)25-16/h2-6H,8H2,1H3,(H,21,22). The Morgan fingerprint density at radius 3 is 2.84 bits per heavy atom. The zero-order valence-corrected chi connectivity index (χ0v) is 12.9. The second-order valence-corrected chi connectivity index (χ2v) is 4.98. The van der Waals surface area contributed by atoms with Gasteiger partial charge in [-0.2, -0.15) is 5.26 Å². The van der Waals surface area contributed by atoms with Crippen LogP contribution in [0.2, 0.25) is 0 Å². The number of methoxy groups -OCH3 is 1. The third-order valence-corrected chi connectivity index (χ3v) is 3.41. The van der Waals surface area contributed by atoms with E-state index in [0.29, 0.717) is 11.1 Å². The van der Waals surface area contributed by atoms with Crippen molar-refractivity contribution in [2.24, 2.45) is 0 Å². The molecule has 1 aromatic heterocycles. The van der Waals surface area contributed by atoms with Crippen molar-refractivity contribution in [1.29, 1.82) is 5.26 Å². The van der Waals surface area contributed by atoms with Gasteiger partial charge in [-0.25, -0.2) is 14.2 Å². The van der Waals surface area contributed by atoms with Crippen molar-refractivity contribution >= 4 is 17.1 Å². The highest BCUT2D eigenvalue weighted by atomic mass is 19.1. The molecule has 0 unspecified atom stereocenters. The van der Waals surface area contributed by atoms with E-state index >= 15 is 0 Å². The van der Waals surface area contributed by atoms with Gasteiger partial charge in [-0.3, -0.25) is 0 Å². The molecular weight excluding hydrogens is 331 g/mol. The third kappa shape index (κ3) is 3.21. The summed E-state index contributed by atoms with van der Waals surface area (Å²) in [6.07, 6.45) is 0. The zero-order valence-electron chi connectivity index (χ0n) is 12.9. The lowest BCUT2D eigenvalue weighted by molar-refractivity contribution is 0.0697. The number of carbonyl (C=O) groups is 1. The first-order valence-electron chi connectivity index (χ1n) is 7.05. The molecule has 0 bridgehead atoms. The summed E-state index contributed by atoms with van der Waals surface area (Å²) in [7, 11) is 1.30. The topological polar surface area (TPSA) is 106 Å². The Morgan fingerprint density at radius 1 is 1.36 bits per heavy atom. The van der Waals surface area contributed by atoms with Gasteiger partial charge in [-0.15, -0.1) is 0 Å². The summed E-state index contributed by atoms with van der Waals surface area (Å²) in [5.41, 5.74) is 0.852. The molecule has 0 radical (unpaired) electrons. The number of nitriles is 1. The number of benzene rings is 2. The first-order valence-corrected chi connectivity index (χ1v) is 7.05. The summed E-state index contributed by atoms with van der Waals surface area (Å²) in [4.78, 5) is 15.1. The van der Waals surface area contributed by atoms with Crippen LogP contribution in [0.25, 0.3) is 11.1 Å². The van der Waals surface area contributed by atoms with Crippen LogP contribution in [0.5, 0.6) is 11.5 Å². The second-order valence-electron chi connectivity index (χ2n) is 4.98. The van der Waals surface area contributed by atoms with Crippen LogP contribution in [0.3, 0.4) is 0 Å². The molecule has 0 fully saturated rings. The molecule has 8 heteroatoms. The normalized spacial score (nSPS) is 10.4. The zero-order chi connectivity index (χ0) is 18.0. The van der Waals surface area contributed by atoms with Gasteiger partial charge in [0.2, 0.25) is 5.89 Å². The third-order valence-electron chi connectivity index (χ3n) is 3.41. The molecule has 0 saturated carbocycles. The summed E-state index contributed by atoms with van der Waals surface area (Å²) < 4.78 is 29.4. The van der Waals surface area contributed by atoms with Crippen LogP contribution in [0.15, 0.2) is 34.7 Å². The highest BCUT2D eigenvalue weighted by molar-refractivity contribution is 5.91. The number of oxazole rings is 1. The monoisotopic (exact) mass is 342 g/mol. The van der Waals surface area contributed by atoms with Crippen LogP contribution in [0.4, 0.5) is 4.39 Å². The molecule has 25 heavy (non-hydrogen) atoms. The Bertz CT molecular complexity index is 1010. The maximum Gasteiger partial charge on any atom is 0.335 e. The molecule has 1 heterocycles. The Kier molecular flexibility index (Phi) is 4.22.